The zero-order valence-corrected chi connectivity index (χ0v) is 9.29. The van der Waals surface area contributed by atoms with E-state index in [1.165, 1.54) is 6.08 Å². The topological polar surface area (TPSA) is 43.4 Å². The summed E-state index contributed by atoms with van der Waals surface area (Å²) in [6.07, 6.45) is 4.79. The van der Waals surface area contributed by atoms with Gasteiger partial charge in [-0.15, -0.1) is 0 Å². The lowest BCUT2D eigenvalue weighted by Gasteiger charge is -2.14. The number of unbranched alkanes of at least 4 members (excludes halogenated alkanes) is 1. The number of rotatable bonds is 3. The highest BCUT2D eigenvalue weighted by atomic mass is 16.6. The van der Waals surface area contributed by atoms with Crippen molar-refractivity contribution in [3.8, 4) is 0 Å². The van der Waals surface area contributed by atoms with Crippen LogP contribution < -0.4 is 0 Å². The molecule has 0 radical (unpaired) electrons. The quantitative estimate of drug-likeness (QED) is 0.397. The smallest absolute Gasteiger partial charge is 0.338 e. The molecular formula is C11H18O3. The van der Waals surface area contributed by atoms with Gasteiger partial charge in [-0.2, -0.15) is 0 Å². The molecule has 80 valence electrons. The van der Waals surface area contributed by atoms with Gasteiger partial charge < -0.3 is 4.74 Å². The molecule has 0 saturated heterocycles. The molecule has 0 aliphatic heterocycles. The maximum Gasteiger partial charge on any atom is 0.338 e. The zero-order valence-electron chi connectivity index (χ0n) is 9.29. The first kappa shape index (κ1) is 12.9. The molecule has 14 heavy (non-hydrogen) atoms. The first-order valence-corrected chi connectivity index (χ1v) is 4.80. The van der Waals surface area contributed by atoms with Crippen LogP contribution in [0.15, 0.2) is 12.2 Å². The lowest BCUT2D eigenvalue weighted by atomic mass is 9.97. The Morgan fingerprint density at radius 2 is 1.86 bits per heavy atom. The number of carbonyl (C=O) groups excluding carboxylic acids is 2. The van der Waals surface area contributed by atoms with E-state index < -0.39 is 17.4 Å². The molecule has 0 fully saturated rings. The van der Waals surface area contributed by atoms with E-state index in [0.29, 0.717) is 0 Å². The van der Waals surface area contributed by atoms with Crippen LogP contribution in [-0.4, -0.2) is 11.9 Å². The average molecular weight is 198 g/mol. The minimum absolute atomic E-state index is 0.497. The predicted molar refractivity (Wildman–Crippen MR) is 54.6 cm³/mol. The predicted octanol–water partition coefficient (Wildman–Crippen LogP) is 2.46. The molecule has 0 bridgehead atoms. The molecule has 0 unspecified atom stereocenters. The Hall–Kier alpha value is -1.12. The molecule has 0 N–H and O–H groups in total. The monoisotopic (exact) mass is 198 g/mol. The number of ether oxygens (including phenoxy) is 1. The van der Waals surface area contributed by atoms with Crippen molar-refractivity contribution in [1.29, 1.82) is 0 Å². The molecule has 0 heterocycles. The Morgan fingerprint density at radius 1 is 1.29 bits per heavy atom. The molecule has 0 spiro atoms. The minimum atomic E-state index is -0.631. The Labute approximate surface area is 85.1 Å². The summed E-state index contributed by atoms with van der Waals surface area (Å²) in [5, 5.41) is 0. The molecule has 0 aromatic rings. The van der Waals surface area contributed by atoms with Gasteiger partial charge in [-0.1, -0.05) is 19.4 Å². The number of esters is 2. The largest absolute Gasteiger partial charge is 0.389 e. The molecule has 0 aliphatic carbocycles. The molecule has 0 aliphatic rings. The van der Waals surface area contributed by atoms with Crippen LogP contribution in [0.1, 0.15) is 40.5 Å². The summed E-state index contributed by atoms with van der Waals surface area (Å²) in [7, 11) is 0. The fourth-order valence-corrected chi connectivity index (χ4v) is 0.625. The minimum Gasteiger partial charge on any atom is -0.389 e. The first-order chi connectivity index (χ1) is 6.38. The third-order valence-electron chi connectivity index (χ3n) is 1.51. The van der Waals surface area contributed by atoms with Gasteiger partial charge in [-0.25, -0.2) is 4.79 Å². The Kier molecular flexibility index (Phi) is 5.13. The van der Waals surface area contributed by atoms with Crippen LogP contribution >= 0.6 is 0 Å². The molecule has 0 aromatic carbocycles. The Balaban J connectivity index is 4.02. The zero-order chi connectivity index (χ0) is 11.2. The van der Waals surface area contributed by atoms with E-state index in [-0.39, 0.29) is 0 Å². The van der Waals surface area contributed by atoms with Crippen molar-refractivity contribution in [1.82, 2.24) is 0 Å². The average Bonchev–Trinajstić information content (AvgIpc) is 2.03. The Morgan fingerprint density at radius 3 is 2.29 bits per heavy atom. The highest BCUT2D eigenvalue weighted by Gasteiger charge is 2.24. The molecule has 0 rings (SSSR count). The van der Waals surface area contributed by atoms with Gasteiger partial charge in [0.25, 0.3) is 0 Å². The number of hydrogen-bond acceptors (Lipinski definition) is 3. The second-order valence-corrected chi connectivity index (χ2v) is 4.15. The van der Waals surface area contributed by atoms with Gasteiger partial charge in [0.15, 0.2) is 0 Å². The number of allylic oxidation sites excluding steroid dienone is 1. The van der Waals surface area contributed by atoms with Crippen LogP contribution in [0.2, 0.25) is 0 Å². The van der Waals surface area contributed by atoms with Crippen LogP contribution in [0.4, 0.5) is 0 Å². The molecule has 0 aromatic heterocycles. The van der Waals surface area contributed by atoms with Crippen molar-refractivity contribution in [2.24, 2.45) is 5.41 Å². The van der Waals surface area contributed by atoms with Gasteiger partial charge in [0.1, 0.15) is 0 Å². The standard InChI is InChI=1S/C11H18O3/c1-5-6-7-8-9(12)14-10(13)11(2,3)4/h7-8H,5-6H2,1-4H3/b8-7+. The van der Waals surface area contributed by atoms with E-state index >= 15 is 0 Å². The van der Waals surface area contributed by atoms with E-state index in [2.05, 4.69) is 4.74 Å². The Bertz CT molecular complexity index is 233. The number of carbonyl (C=O) groups is 2. The lowest BCUT2D eigenvalue weighted by molar-refractivity contribution is -0.162. The SMILES string of the molecule is CCC/C=C/C(=O)OC(=O)C(C)(C)C. The summed E-state index contributed by atoms with van der Waals surface area (Å²) in [4.78, 5) is 22.3. The van der Waals surface area contributed by atoms with Crippen LogP contribution in [0.3, 0.4) is 0 Å². The summed E-state index contributed by atoms with van der Waals surface area (Å²) >= 11 is 0. The van der Waals surface area contributed by atoms with Crippen LogP contribution in [0.25, 0.3) is 0 Å². The third kappa shape index (κ3) is 5.51. The fourth-order valence-electron chi connectivity index (χ4n) is 0.625. The van der Waals surface area contributed by atoms with Gasteiger partial charge in [-0.3, -0.25) is 4.79 Å². The van der Waals surface area contributed by atoms with Crippen molar-refractivity contribution in [2.75, 3.05) is 0 Å². The fraction of sp³-hybridized carbons (Fsp3) is 0.636. The van der Waals surface area contributed by atoms with Crippen molar-refractivity contribution in [3.05, 3.63) is 12.2 Å². The van der Waals surface area contributed by atoms with Crippen LogP contribution in [0, 0.1) is 5.41 Å². The van der Waals surface area contributed by atoms with E-state index in [1.807, 2.05) is 6.92 Å². The number of hydrogen-bond donors (Lipinski definition) is 0. The van der Waals surface area contributed by atoms with Crippen LogP contribution in [-0.2, 0) is 14.3 Å². The maximum absolute atomic E-state index is 11.2. The van der Waals surface area contributed by atoms with Gasteiger partial charge in [-0.05, 0) is 27.2 Å². The van der Waals surface area contributed by atoms with Crippen molar-refractivity contribution >= 4 is 11.9 Å². The second kappa shape index (κ2) is 5.58. The van der Waals surface area contributed by atoms with Gasteiger partial charge in [0.05, 0.1) is 5.41 Å². The van der Waals surface area contributed by atoms with E-state index in [9.17, 15) is 9.59 Å². The molecule has 3 nitrogen and oxygen atoms in total. The molecular weight excluding hydrogens is 180 g/mol. The van der Waals surface area contributed by atoms with Gasteiger partial charge in [0, 0.05) is 6.08 Å². The summed E-state index contributed by atoms with van der Waals surface area (Å²) in [5.41, 5.74) is -0.631. The highest BCUT2D eigenvalue weighted by Crippen LogP contribution is 2.15. The van der Waals surface area contributed by atoms with E-state index in [0.717, 1.165) is 12.8 Å². The third-order valence-corrected chi connectivity index (χ3v) is 1.51. The first-order valence-electron chi connectivity index (χ1n) is 4.80. The summed E-state index contributed by atoms with van der Waals surface area (Å²) in [5.74, 6) is -1.08. The van der Waals surface area contributed by atoms with Gasteiger partial charge >= 0.3 is 11.9 Å². The molecule has 0 atom stereocenters. The highest BCUT2D eigenvalue weighted by molar-refractivity contribution is 5.93. The van der Waals surface area contributed by atoms with Crippen molar-refractivity contribution < 1.29 is 14.3 Å². The molecule has 0 amide bonds. The van der Waals surface area contributed by atoms with E-state index in [1.54, 1.807) is 26.8 Å². The maximum atomic E-state index is 11.2. The normalized spacial score (nSPS) is 11.7. The lowest BCUT2D eigenvalue weighted by Crippen LogP contribution is -2.25. The summed E-state index contributed by atoms with van der Waals surface area (Å²) in [6.45, 7) is 7.13. The van der Waals surface area contributed by atoms with Gasteiger partial charge in [0.2, 0.25) is 0 Å². The second-order valence-electron chi connectivity index (χ2n) is 4.15. The summed E-state index contributed by atoms with van der Waals surface area (Å²) in [6, 6.07) is 0. The van der Waals surface area contributed by atoms with E-state index in [4.69, 9.17) is 0 Å². The molecule has 3 heteroatoms. The summed E-state index contributed by atoms with van der Waals surface area (Å²) < 4.78 is 4.60. The van der Waals surface area contributed by atoms with Crippen LogP contribution in [0.5, 0.6) is 0 Å². The molecule has 0 saturated carbocycles. The van der Waals surface area contributed by atoms with Crippen molar-refractivity contribution in [3.63, 3.8) is 0 Å². The van der Waals surface area contributed by atoms with Crippen molar-refractivity contribution in [2.45, 2.75) is 40.5 Å².